The third kappa shape index (κ3) is 2.77. The molecule has 1 N–H and O–H groups in total. The number of aryl methyl sites for hydroxylation is 3. The fourth-order valence-electron chi connectivity index (χ4n) is 1.77. The number of anilines is 1. The van der Waals surface area contributed by atoms with Gasteiger partial charge in [-0.3, -0.25) is 9.48 Å². The van der Waals surface area contributed by atoms with Crippen molar-refractivity contribution in [3.8, 4) is 0 Å². The lowest BCUT2D eigenvalue weighted by atomic mass is 10.3. The first-order chi connectivity index (χ1) is 8.70. The van der Waals surface area contributed by atoms with E-state index in [1.165, 1.54) is 4.68 Å². The fourth-order valence-corrected chi connectivity index (χ4v) is 1.77. The average molecular weight is 247 g/mol. The van der Waals surface area contributed by atoms with Gasteiger partial charge in [-0.25, -0.2) is 4.68 Å². The van der Waals surface area contributed by atoms with Crippen molar-refractivity contribution >= 4 is 5.69 Å². The molecule has 18 heavy (non-hydrogen) atoms. The normalized spacial score (nSPS) is 10.6. The molecule has 0 aliphatic carbocycles. The van der Waals surface area contributed by atoms with Crippen LogP contribution in [0.1, 0.15) is 12.6 Å². The molecule has 2 aromatic heterocycles. The van der Waals surface area contributed by atoms with E-state index < -0.39 is 0 Å². The van der Waals surface area contributed by atoms with Crippen LogP contribution >= 0.6 is 0 Å². The van der Waals surface area contributed by atoms with Crippen molar-refractivity contribution < 1.29 is 0 Å². The van der Waals surface area contributed by atoms with E-state index in [4.69, 9.17) is 0 Å². The monoisotopic (exact) mass is 247 g/mol. The van der Waals surface area contributed by atoms with Crippen LogP contribution in [0.2, 0.25) is 0 Å². The van der Waals surface area contributed by atoms with Crippen molar-refractivity contribution in [1.29, 1.82) is 0 Å². The Labute approximate surface area is 105 Å². The molecular weight excluding hydrogens is 230 g/mol. The zero-order chi connectivity index (χ0) is 13.0. The highest BCUT2D eigenvalue weighted by molar-refractivity contribution is 5.38. The lowest BCUT2D eigenvalue weighted by Gasteiger charge is -2.06. The molecule has 0 fully saturated rings. The molecule has 2 rings (SSSR count). The van der Waals surface area contributed by atoms with Gasteiger partial charge in [0, 0.05) is 38.0 Å². The molecule has 0 unspecified atom stereocenters. The Kier molecular flexibility index (Phi) is 3.76. The van der Waals surface area contributed by atoms with Crippen LogP contribution in [0.3, 0.4) is 0 Å². The summed E-state index contributed by atoms with van der Waals surface area (Å²) in [6.07, 6.45) is 4.16. The SMILES string of the molecule is CCNc1cnn(CCc2ccnn2C)c(=O)c1. The standard InChI is InChI=1S/C12H17N5O/c1-3-13-10-8-12(18)17(15-9-10)7-5-11-4-6-14-16(11)2/h4,6,8-9,13H,3,5,7H2,1-2H3. The molecule has 0 saturated carbocycles. The number of hydrogen-bond donors (Lipinski definition) is 1. The molecule has 0 atom stereocenters. The van der Waals surface area contributed by atoms with Gasteiger partial charge in [0.25, 0.3) is 5.56 Å². The second-order valence-corrected chi connectivity index (χ2v) is 4.03. The van der Waals surface area contributed by atoms with Crippen LogP contribution in [0, 0.1) is 0 Å². The first kappa shape index (κ1) is 12.3. The number of hydrogen-bond acceptors (Lipinski definition) is 4. The molecule has 0 aliphatic heterocycles. The van der Waals surface area contributed by atoms with Gasteiger partial charge in [-0.15, -0.1) is 0 Å². The Morgan fingerprint density at radius 1 is 1.39 bits per heavy atom. The van der Waals surface area contributed by atoms with Gasteiger partial charge in [-0.2, -0.15) is 10.2 Å². The highest BCUT2D eigenvalue weighted by Gasteiger charge is 2.02. The molecule has 0 bridgehead atoms. The van der Waals surface area contributed by atoms with Gasteiger partial charge < -0.3 is 5.32 Å². The van der Waals surface area contributed by atoms with E-state index in [-0.39, 0.29) is 5.56 Å². The van der Waals surface area contributed by atoms with Crippen LogP contribution in [0.25, 0.3) is 0 Å². The Morgan fingerprint density at radius 2 is 2.22 bits per heavy atom. The number of aromatic nitrogens is 4. The Bertz CT molecular complexity index is 572. The van der Waals surface area contributed by atoms with Crippen LogP contribution in [0.5, 0.6) is 0 Å². The molecule has 6 heteroatoms. The summed E-state index contributed by atoms with van der Waals surface area (Å²) in [6, 6.07) is 3.51. The first-order valence-electron chi connectivity index (χ1n) is 5.98. The summed E-state index contributed by atoms with van der Waals surface area (Å²) in [5.41, 5.74) is 1.76. The summed E-state index contributed by atoms with van der Waals surface area (Å²) < 4.78 is 3.27. The minimum atomic E-state index is -0.0874. The summed E-state index contributed by atoms with van der Waals surface area (Å²) in [6.45, 7) is 3.32. The summed E-state index contributed by atoms with van der Waals surface area (Å²) in [4.78, 5) is 11.8. The largest absolute Gasteiger partial charge is 0.384 e. The van der Waals surface area contributed by atoms with Crippen molar-refractivity contribution in [3.05, 3.63) is 40.6 Å². The second-order valence-electron chi connectivity index (χ2n) is 4.03. The van der Waals surface area contributed by atoms with E-state index in [9.17, 15) is 4.79 Å². The molecule has 2 aromatic rings. The van der Waals surface area contributed by atoms with Gasteiger partial charge in [0.2, 0.25) is 0 Å². The summed E-state index contributed by atoms with van der Waals surface area (Å²) in [5.74, 6) is 0. The number of nitrogens with zero attached hydrogens (tertiary/aromatic N) is 4. The zero-order valence-corrected chi connectivity index (χ0v) is 10.6. The third-order valence-electron chi connectivity index (χ3n) is 2.75. The van der Waals surface area contributed by atoms with E-state index in [1.54, 1.807) is 23.1 Å². The van der Waals surface area contributed by atoms with Crippen LogP contribution in [0.15, 0.2) is 29.3 Å². The van der Waals surface area contributed by atoms with E-state index in [0.29, 0.717) is 6.54 Å². The summed E-state index contributed by atoms with van der Waals surface area (Å²) in [5, 5.41) is 11.3. The number of rotatable bonds is 5. The predicted octanol–water partition coefficient (Wildman–Crippen LogP) is 0.651. The average Bonchev–Trinajstić information content (AvgIpc) is 2.74. The molecule has 0 radical (unpaired) electrons. The molecule has 0 saturated heterocycles. The summed E-state index contributed by atoms with van der Waals surface area (Å²) >= 11 is 0. The maximum Gasteiger partial charge on any atom is 0.268 e. The Morgan fingerprint density at radius 3 is 2.83 bits per heavy atom. The van der Waals surface area contributed by atoms with Crippen LogP contribution in [-0.2, 0) is 20.0 Å². The highest BCUT2D eigenvalue weighted by atomic mass is 16.1. The first-order valence-corrected chi connectivity index (χ1v) is 5.98. The van der Waals surface area contributed by atoms with Crippen LogP contribution < -0.4 is 10.9 Å². The van der Waals surface area contributed by atoms with Gasteiger partial charge >= 0.3 is 0 Å². The molecule has 0 aromatic carbocycles. The van der Waals surface area contributed by atoms with Crippen molar-refractivity contribution in [2.45, 2.75) is 19.9 Å². The second kappa shape index (κ2) is 5.48. The highest BCUT2D eigenvalue weighted by Crippen LogP contribution is 2.01. The molecule has 6 nitrogen and oxygen atoms in total. The minimum Gasteiger partial charge on any atom is -0.384 e. The molecular formula is C12H17N5O. The van der Waals surface area contributed by atoms with Gasteiger partial charge in [0.15, 0.2) is 0 Å². The van der Waals surface area contributed by atoms with E-state index >= 15 is 0 Å². The summed E-state index contributed by atoms with van der Waals surface area (Å²) in [7, 11) is 1.89. The van der Waals surface area contributed by atoms with E-state index in [1.807, 2.05) is 20.0 Å². The lowest BCUT2D eigenvalue weighted by Crippen LogP contribution is -2.24. The van der Waals surface area contributed by atoms with Gasteiger partial charge in [-0.1, -0.05) is 0 Å². The molecule has 96 valence electrons. The topological polar surface area (TPSA) is 64.7 Å². The zero-order valence-electron chi connectivity index (χ0n) is 10.6. The molecule has 0 spiro atoms. The molecule has 0 amide bonds. The Balaban J connectivity index is 2.06. The predicted molar refractivity (Wildman–Crippen MR) is 69.6 cm³/mol. The van der Waals surface area contributed by atoms with Crippen molar-refractivity contribution in [1.82, 2.24) is 19.6 Å². The van der Waals surface area contributed by atoms with Crippen LogP contribution in [0.4, 0.5) is 5.69 Å². The Hall–Kier alpha value is -2.11. The maximum atomic E-state index is 11.8. The smallest absolute Gasteiger partial charge is 0.268 e. The maximum absolute atomic E-state index is 11.8. The molecule has 2 heterocycles. The quantitative estimate of drug-likeness (QED) is 0.842. The van der Waals surface area contributed by atoms with Crippen LogP contribution in [-0.4, -0.2) is 26.1 Å². The minimum absolute atomic E-state index is 0.0874. The number of nitrogens with one attached hydrogen (secondary N) is 1. The van der Waals surface area contributed by atoms with E-state index in [0.717, 1.165) is 24.3 Å². The molecule has 0 aliphatic rings. The van der Waals surface area contributed by atoms with Crippen molar-refractivity contribution in [2.24, 2.45) is 7.05 Å². The lowest BCUT2D eigenvalue weighted by molar-refractivity contribution is 0.558. The van der Waals surface area contributed by atoms with Gasteiger partial charge in [-0.05, 0) is 13.0 Å². The third-order valence-corrected chi connectivity index (χ3v) is 2.75. The van der Waals surface area contributed by atoms with Gasteiger partial charge in [0.05, 0.1) is 18.4 Å². The van der Waals surface area contributed by atoms with Crippen molar-refractivity contribution in [3.63, 3.8) is 0 Å². The van der Waals surface area contributed by atoms with Crippen molar-refractivity contribution in [2.75, 3.05) is 11.9 Å². The van der Waals surface area contributed by atoms with E-state index in [2.05, 4.69) is 15.5 Å². The van der Waals surface area contributed by atoms with Gasteiger partial charge in [0.1, 0.15) is 0 Å². The fraction of sp³-hybridized carbons (Fsp3) is 0.417.